The van der Waals surface area contributed by atoms with Crippen LogP contribution in [0.15, 0.2) is 30.3 Å². The van der Waals surface area contributed by atoms with Crippen molar-refractivity contribution >= 4 is 0 Å². The molecule has 0 fully saturated rings. The first kappa shape index (κ1) is 16.1. The standard InChI is InChI=1S/C15H15F3N2O2/c1-21-11-5-10(6-12(7-11)22-2)14-9(8-19)3-4-13(20-14)15(16,17)18/h3-7H,8,19H2,1-2H3. The van der Waals surface area contributed by atoms with Crippen molar-refractivity contribution in [2.45, 2.75) is 12.7 Å². The molecular formula is C15H15F3N2O2. The summed E-state index contributed by atoms with van der Waals surface area (Å²) in [4.78, 5) is 3.72. The number of benzene rings is 1. The average Bonchev–Trinajstić information content (AvgIpc) is 2.52. The Morgan fingerprint density at radius 1 is 1.05 bits per heavy atom. The molecule has 0 saturated heterocycles. The molecular weight excluding hydrogens is 297 g/mol. The van der Waals surface area contributed by atoms with Crippen molar-refractivity contribution in [3.8, 4) is 22.8 Å². The highest BCUT2D eigenvalue weighted by Gasteiger charge is 2.33. The molecule has 0 saturated carbocycles. The maximum absolute atomic E-state index is 12.9. The number of pyridine rings is 1. The molecule has 1 aromatic heterocycles. The maximum atomic E-state index is 12.9. The van der Waals surface area contributed by atoms with Crippen LogP contribution in [0.3, 0.4) is 0 Å². The summed E-state index contributed by atoms with van der Waals surface area (Å²) >= 11 is 0. The van der Waals surface area contributed by atoms with Gasteiger partial charge in [-0.3, -0.25) is 0 Å². The molecule has 0 bridgehead atoms. The lowest BCUT2D eigenvalue weighted by atomic mass is 10.0. The van der Waals surface area contributed by atoms with Gasteiger partial charge in [-0.15, -0.1) is 0 Å². The van der Waals surface area contributed by atoms with Crippen molar-refractivity contribution in [2.75, 3.05) is 14.2 Å². The Hall–Kier alpha value is -2.28. The number of rotatable bonds is 4. The summed E-state index contributed by atoms with van der Waals surface area (Å²) < 4.78 is 48.9. The molecule has 0 spiro atoms. The Morgan fingerprint density at radius 2 is 1.64 bits per heavy atom. The fraction of sp³-hybridized carbons (Fsp3) is 0.267. The van der Waals surface area contributed by atoms with E-state index >= 15 is 0 Å². The van der Waals surface area contributed by atoms with Crippen molar-refractivity contribution < 1.29 is 22.6 Å². The van der Waals surface area contributed by atoms with Gasteiger partial charge in [0, 0.05) is 18.2 Å². The topological polar surface area (TPSA) is 57.4 Å². The molecule has 0 amide bonds. The van der Waals surface area contributed by atoms with Gasteiger partial charge in [-0.2, -0.15) is 13.2 Å². The Balaban J connectivity index is 2.64. The minimum atomic E-state index is -4.52. The van der Waals surface area contributed by atoms with Gasteiger partial charge < -0.3 is 15.2 Å². The summed E-state index contributed by atoms with van der Waals surface area (Å²) in [5, 5.41) is 0. The second kappa shape index (κ2) is 6.23. The molecule has 118 valence electrons. The van der Waals surface area contributed by atoms with E-state index in [1.165, 1.54) is 20.3 Å². The Labute approximate surface area is 125 Å². The molecule has 0 aliphatic heterocycles. The van der Waals surface area contributed by atoms with Crippen LogP contribution in [0.25, 0.3) is 11.3 Å². The number of nitrogens with two attached hydrogens (primary N) is 1. The number of aromatic nitrogens is 1. The first-order valence-corrected chi connectivity index (χ1v) is 6.39. The van der Waals surface area contributed by atoms with Gasteiger partial charge in [0.05, 0.1) is 19.9 Å². The van der Waals surface area contributed by atoms with Crippen molar-refractivity contribution in [1.82, 2.24) is 4.98 Å². The van der Waals surface area contributed by atoms with Crippen LogP contribution in [0.1, 0.15) is 11.3 Å². The lowest BCUT2D eigenvalue weighted by molar-refractivity contribution is -0.141. The van der Waals surface area contributed by atoms with E-state index in [1.54, 1.807) is 18.2 Å². The van der Waals surface area contributed by atoms with Crippen molar-refractivity contribution in [3.63, 3.8) is 0 Å². The number of alkyl halides is 3. The van der Waals surface area contributed by atoms with Crippen LogP contribution in [0, 0.1) is 0 Å². The van der Waals surface area contributed by atoms with Gasteiger partial charge in [0.1, 0.15) is 17.2 Å². The van der Waals surface area contributed by atoms with E-state index in [2.05, 4.69) is 4.98 Å². The van der Waals surface area contributed by atoms with E-state index in [1.807, 2.05) is 0 Å². The SMILES string of the molecule is COc1cc(OC)cc(-c2nc(C(F)(F)F)ccc2CN)c1. The molecule has 1 heterocycles. The van der Waals surface area contributed by atoms with E-state index in [0.29, 0.717) is 22.6 Å². The number of ether oxygens (including phenoxy) is 2. The van der Waals surface area contributed by atoms with Crippen molar-refractivity contribution in [1.29, 1.82) is 0 Å². The molecule has 2 aromatic rings. The van der Waals surface area contributed by atoms with E-state index in [-0.39, 0.29) is 12.2 Å². The molecule has 0 aliphatic rings. The van der Waals surface area contributed by atoms with Gasteiger partial charge in [0.2, 0.25) is 0 Å². The number of hydrogen-bond acceptors (Lipinski definition) is 4. The smallest absolute Gasteiger partial charge is 0.433 e. The predicted octanol–water partition coefficient (Wildman–Crippen LogP) is 3.24. The number of nitrogens with zero attached hydrogens (tertiary/aromatic N) is 1. The first-order chi connectivity index (χ1) is 10.4. The predicted molar refractivity (Wildman–Crippen MR) is 75.7 cm³/mol. The summed E-state index contributed by atoms with van der Waals surface area (Å²) in [6.07, 6.45) is -4.52. The fourth-order valence-electron chi connectivity index (χ4n) is 2.00. The van der Waals surface area contributed by atoms with Crippen LogP contribution in [0.2, 0.25) is 0 Å². The van der Waals surface area contributed by atoms with Crippen LogP contribution in [-0.2, 0) is 12.7 Å². The van der Waals surface area contributed by atoms with E-state index in [0.717, 1.165) is 6.07 Å². The van der Waals surface area contributed by atoms with Gasteiger partial charge in [-0.05, 0) is 23.8 Å². The molecule has 0 atom stereocenters. The van der Waals surface area contributed by atoms with Crippen molar-refractivity contribution in [3.05, 3.63) is 41.6 Å². The van der Waals surface area contributed by atoms with E-state index in [4.69, 9.17) is 15.2 Å². The molecule has 0 radical (unpaired) electrons. The maximum Gasteiger partial charge on any atom is 0.433 e. The van der Waals surface area contributed by atoms with Gasteiger partial charge in [-0.1, -0.05) is 6.07 Å². The van der Waals surface area contributed by atoms with Gasteiger partial charge in [0.15, 0.2) is 0 Å². The molecule has 2 N–H and O–H groups in total. The van der Waals surface area contributed by atoms with Crippen molar-refractivity contribution in [2.24, 2.45) is 5.73 Å². The summed E-state index contributed by atoms with van der Waals surface area (Å²) in [6.45, 7) is 0.0694. The second-order valence-electron chi connectivity index (χ2n) is 4.51. The third-order valence-electron chi connectivity index (χ3n) is 3.11. The quantitative estimate of drug-likeness (QED) is 0.941. The third kappa shape index (κ3) is 3.30. The summed E-state index contributed by atoms with van der Waals surface area (Å²) in [5.74, 6) is 0.910. The van der Waals surface area contributed by atoms with E-state index < -0.39 is 11.9 Å². The monoisotopic (exact) mass is 312 g/mol. The Kier molecular flexibility index (Phi) is 4.56. The number of halogens is 3. The highest BCUT2D eigenvalue weighted by atomic mass is 19.4. The summed E-state index contributed by atoms with van der Waals surface area (Å²) in [7, 11) is 2.92. The summed E-state index contributed by atoms with van der Waals surface area (Å²) in [6, 6.07) is 7.05. The average molecular weight is 312 g/mol. The molecule has 2 rings (SSSR count). The van der Waals surface area contributed by atoms with Gasteiger partial charge in [-0.25, -0.2) is 4.98 Å². The minimum Gasteiger partial charge on any atom is -0.497 e. The number of methoxy groups -OCH3 is 2. The zero-order valence-electron chi connectivity index (χ0n) is 12.1. The highest BCUT2D eigenvalue weighted by Crippen LogP contribution is 2.34. The lowest BCUT2D eigenvalue weighted by Gasteiger charge is -2.13. The normalized spacial score (nSPS) is 11.4. The largest absolute Gasteiger partial charge is 0.497 e. The van der Waals surface area contributed by atoms with Crippen LogP contribution < -0.4 is 15.2 Å². The van der Waals surface area contributed by atoms with Crippen LogP contribution >= 0.6 is 0 Å². The fourth-order valence-corrected chi connectivity index (χ4v) is 2.00. The molecule has 22 heavy (non-hydrogen) atoms. The molecule has 7 heteroatoms. The zero-order chi connectivity index (χ0) is 16.3. The first-order valence-electron chi connectivity index (χ1n) is 6.39. The minimum absolute atomic E-state index is 0.0694. The Bertz CT molecular complexity index is 650. The van der Waals surface area contributed by atoms with Crippen LogP contribution in [0.5, 0.6) is 11.5 Å². The van der Waals surface area contributed by atoms with Crippen LogP contribution in [-0.4, -0.2) is 19.2 Å². The van der Waals surface area contributed by atoms with Crippen LogP contribution in [0.4, 0.5) is 13.2 Å². The number of hydrogen-bond donors (Lipinski definition) is 1. The lowest BCUT2D eigenvalue weighted by Crippen LogP contribution is -2.11. The molecule has 0 aliphatic carbocycles. The molecule has 1 aromatic carbocycles. The molecule has 0 unspecified atom stereocenters. The highest BCUT2D eigenvalue weighted by molar-refractivity contribution is 5.67. The summed E-state index contributed by atoms with van der Waals surface area (Å²) in [5.41, 5.74) is 5.75. The van der Waals surface area contributed by atoms with E-state index in [9.17, 15) is 13.2 Å². The zero-order valence-corrected chi connectivity index (χ0v) is 12.1. The Morgan fingerprint density at radius 3 is 2.09 bits per heavy atom. The van der Waals surface area contributed by atoms with Gasteiger partial charge >= 0.3 is 6.18 Å². The molecule has 4 nitrogen and oxygen atoms in total. The van der Waals surface area contributed by atoms with Gasteiger partial charge in [0.25, 0.3) is 0 Å². The second-order valence-corrected chi connectivity index (χ2v) is 4.51. The third-order valence-corrected chi connectivity index (χ3v) is 3.11.